The van der Waals surface area contributed by atoms with E-state index in [0.29, 0.717) is 12.2 Å². The first kappa shape index (κ1) is 23.7. The van der Waals surface area contributed by atoms with Crippen molar-refractivity contribution in [3.05, 3.63) is 40.9 Å². The number of allylic oxidation sites excluding steroid dienone is 3. The van der Waals surface area contributed by atoms with Crippen LogP contribution in [-0.2, 0) is 9.22 Å². The highest BCUT2D eigenvalue weighted by atomic mass is 28.4. The molecule has 1 aromatic heterocycles. The van der Waals surface area contributed by atoms with Crippen molar-refractivity contribution in [3.63, 3.8) is 0 Å². The molecule has 162 valence electrons. The molecule has 0 N–H and O–H groups in total. The number of hydrogen-bond donors (Lipinski definition) is 0. The molecule has 4 nitrogen and oxygen atoms in total. The molecule has 5 heteroatoms. The molecule has 2 rings (SSSR count). The van der Waals surface area contributed by atoms with Gasteiger partial charge in [0.15, 0.2) is 19.9 Å². The molecule has 0 radical (unpaired) electrons. The average molecular weight is 419 g/mol. The second kappa shape index (κ2) is 9.48. The van der Waals surface area contributed by atoms with Crippen molar-refractivity contribution in [1.82, 2.24) is 0 Å². The Hall–Kier alpha value is -1.59. The smallest absolute Gasteiger partial charge is 0.193 e. The van der Waals surface area contributed by atoms with Crippen LogP contribution < -0.4 is 4.74 Å². The molecule has 1 unspecified atom stereocenters. The van der Waals surface area contributed by atoms with Gasteiger partial charge in [0.1, 0.15) is 18.1 Å². The number of carbonyl (C=O) groups excluding carboxylic acids is 1. The van der Waals surface area contributed by atoms with Crippen molar-refractivity contribution in [2.24, 2.45) is 0 Å². The molecule has 0 amide bonds. The number of carbonyl (C=O) groups is 1. The van der Waals surface area contributed by atoms with Crippen LogP contribution in [0.2, 0.25) is 18.1 Å². The predicted molar refractivity (Wildman–Crippen MR) is 121 cm³/mol. The Morgan fingerprint density at radius 3 is 2.45 bits per heavy atom. The first-order valence-electron chi connectivity index (χ1n) is 10.6. The fraction of sp³-hybridized carbons (Fsp3) is 0.625. The van der Waals surface area contributed by atoms with Gasteiger partial charge >= 0.3 is 0 Å². The molecule has 29 heavy (non-hydrogen) atoms. The first-order valence-corrected chi connectivity index (χ1v) is 13.5. The van der Waals surface area contributed by atoms with E-state index in [0.717, 1.165) is 37.0 Å². The predicted octanol–water partition coefficient (Wildman–Crippen LogP) is 7.15. The number of furan rings is 1. The minimum atomic E-state index is -2.06. The Morgan fingerprint density at radius 2 is 1.90 bits per heavy atom. The van der Waals surface area contributed by atoms with E-state index >= 15 is 0 Å². The second-order valence-corrected chi connectivity index (χ2v) is 14.6. The molecule has 0 aliphatic heterocycles. The van der Waals surface area contributed by atoms with Crippen LogP contribution in [0.5, 0.6) is 5.75 Å². The minimum Gasteiger partial charge on any atom is -0.493 e. The summed E-state index contributed by atoms with van der Waals surface area (Å²) in [4.78, 5) is 12.5. The van der Waals surface area contributed by atoms with Crippen molar-refractivity contribution >= 4 is 14.1 Å². The quantitative estimate of drug-likeness (QED) is 0.255. The van der Waals surface area contributed by atoms with Crippen LogP contribution in [-0.4, -0.2) is 21.2 Å². The highest BCUT2D eigenvalue weighted by Gasteiger charge is 2.41. The van der Waals surface area contributed by atoms with Gasteiger partial charge in [0.2, 0.25) is 0 Å². The van der Waals surface area contributed by atoms with E-state index in [1.54, 1.807) is 19.4 Å². The van der Waals surface area contributed by atoms with Crippen LogP contribution >= 0.6 is 0 Å². The third-order valence-electron chi connectivity index (χ3n) is 6.09. The van der Waals surface area contributed by atoms with Crippen LogP contribution in [0.4, 0.5) is 0 Å². The number of methoxy groups -OCH3 is 1. The number of ketones is 1. The molecule has 0 aromatic carbocycles. The lowest BCUT2D eigenvalue weighted by molar-refractivity contribution is -0.114. The molecule has 0 saturated carbocycles. The van der Waals surface area contributed by atoms with Gasteiger partial charge in [0.05, 0.1) is 7.11 Å². The van der Waals surface area contributed by atoms with Gasteiger partial charge in [-0.05, 0) is 69.3 Å². The molecule has 0 fully saturated rings. The zero-order valence-electron chi connectivity index (χ0n) is 19.5. The average Bonchev–Trinajstić information content (AvgIpc) is 3.07. The van der Waals surface area contributed by atoms with E-state index in [9.17, 15) is 4.79 Å². The minimum absolute atomic E-state index is 0.0786. The molecule has 1 aliphatic carbocycles. The Bertz CT molecular complexity index is 773. The third kappa shape index (κ3) is 6.19. The first-order chi connectivity index (χ1) is 13.4. The summed E-state index contributed by atoms with van der Waals surface area (Å²) in [5, 5.41) is 0.0786. The van der Waals surface area contributed by atoms with Gasteiger partial charge in [-0.1, -0.05) is 31.9 Å². The SMILES string of the molecule is COc1coc(C(O[Si](C)(C)C(C)(C)C)C2=C(CC(=O)C=C(C)C)CCCC2)c1. The van der Waals surface area contributed by atoms with Gasteiger partial charge in [0.25, 0.3) is 0 Å². The fourth-order valence-corrected chi connectivity index (χ4v) is 4.65. The van der Waals surface area contributed by atoms with E-state index in [1.165, 1.54) is 11.1 Å². The molecular formula is C24H38O4Si. The summed E-state index contributed by atoms with van der Waals surface area (Å²) in [5.41, 5.74) is 3.49. The zero-order valence-corrected chi connectivity index (χ0v) is 20.5. The molecule has 0 bridgehead atoms. The Kier molecular flexibility index (Phi) is 7.74. The van der Waals surface area contributed by atoms with Crippen LogP contribution in [0, 0.1) is 0 Å². The van der Waals surface area contributed by atoms with Crippen LogP contribution in [0.1, 0.15) is 78.6 Å². The molecule has 0 saturated heterocycles. The Balaban J connectivity index is 2.49. The van der Waals surface area contributed by atoms with Crippen molar-refractivity contribution in [1.29, 1.82) is 0 Å². The maximum absolute atomic E-state index is 12.5. The summed E-state index contributed by atoms with van der Waals surface area (Å²) in [5.74, 6) is 1.64. The normalized spacial score (nSPS) is 16.6. The van der Waals surface area contributed by atoms with E-state index in [4.69, 9.17) is 13.6 Å². The Labute approximate surface area is 177 Å². The standard InChI is InChI=1S/C24H38O4Si/c1-17(2)13-19(25)14-18-11-9-10-12-21(18)23(22-15-20(26-6)16-27-22)28-29(7,8)24(3,4)5/h13,15-16,23H,9-12,14H2,1-8H3. The van der Waals surface area contributed by atoms with E-state index in [2.05, 4.69) is 33.9 Å². The van der Waals surface area contributed by atoms with Gasteiger partial charge in [-0.15, -0.1) is 0 Å². The van der Waals surface area contributed by atoms with Gasteiger partial charge in [-0.25, -0.2) is 0 Å². The van der Waals surface area contributed by atoms with E-state index in [1.807, 2.05) is 19.9 Å². The highest BCUT2D eigenvalue weighted by molar-refractivity contribution is 6.74. The van der Waals surface area contributed by atoms with Crippen molar-refractivity contribution in [3.8, 4) is 5.75 Å². The Morgan fingerprint density at radius 1 is 1.24 bits per heavy atom. The molecule has 0 spiro atoms. The third-order valence-corrected chi connectivity index (χ3v) is 10.5. The van der Waals surface area contributed by atoms with Gasteiger partial charge in [-0.3, -0.25) is 4.79 Å². The maximum Gasteiger partial charge on any atom is 0.193 e. The molecule has 1 aromatic rings. The molecule has 1 aliphatic rings. The molecule has 1 heterocycles. The number of hydrogen-bond acceptors (Lipinski definition) is 4. The van der Waals surface area contributed by atoms with Crippen LogP contribution in [0.3, 0.4) is 0 Å². The van der Waals surface area contributed by atoms with Gasteiger partial charge < -0.3 is 13.6 Å². The summed E-state index contributed by atoms with van der Waals surface area (Å²) in [6, 6.07) is 1.93. The highest BCUT2D eigenvalue weighted by Crippen LogP contribution is 2.45. The van der Waals surface area contributed by atoms with Crippen molar-refractivity contribution in [2.75, 3.05) is 7.11 Å². The summed E-state index contributed by atoms with van der Waals surface area (Å²) >= 11 is 0. The van der Waals surface area contributed by atoms with Crippen molar-refractivity contribution in [2.45, 2.75) is 91.0 Å². The molecular weight excluding hydrogens is 380 g/mol. The van der Waals surface area contributed by atoms with Gasteiger partial charge in [-0.2, -0.15) is 0 Å². The second-order valence-electron chi connectivity index (χ2n) is 9.85. The van der Waals surface area contributed by atoms with Crippen LogP contribution in [0.15, 0.2) is 39.5 Å². The summed E-state index contributed by atoms with van der Waals surface area (Å²) in [6.07, 6.45) is 7.73. The lowest BCUT2D eigenvalue weighted by atomic mass is 9.85. The van der Waals surface area contributed by atoms with Crippen LogP contribution in [0.25, 0.3) is 0 Å². The lowest BCUT2D eigenvalue weighted by Crippen LogP contribution is -2.42. The largest absolute Gasteiger partial charge is 0.493 e. The van der Waals surface area contributed by atoms with Crippen molar-refractivity contribution < 1.29 is 18.4 Å². The monoisotopic (exact) mass is 418 g/mol. The molecule has 1 atom stereocenters. The summed E-state index contributed by atoms with van der Waals surface area (Å²) in [7, 11) is -0.423. The zero-order chi connectivity index (χ0) is 21.8. The fourth-order valence-electron chi connectivity index (χ4n) is 3.44. The summed E-state index contributed by atoms with van der Waals surface area (Å²) in [6.45, 7) is 15.2. The number of rotatable bonds is 8. The lowest BCUT2D eigenvalue weighted by Gasteiger charge is -2.40. The number of ether oxygens (including phenoxy) is 1. The summed E-state index contributed by atoms with van der Waals surface area (Å²) < 4.78 is 18.1. The van der Waals surface area contributed by atoms with E-state index < -0.39 is 8.32 Å². The van der Waals surface area contributed by atoms with E-state index in [-0.39, 0.29) is 16.9 Å². The topological polar surface area (TPSA) is 48.7 Å². The maximum atomic E-state index is 12.5. The van der Waals surface area contributed by atoms with Gasteiger partial charge in [0, 0.05) is 12.5 Å².